The van der Waals surface area contributed by atoms with Crippen molar-refractivity contribution in [1.82, 2.24) is 5.48 Å². The molecule has 0 heterocycles. The molecule has 0 radical (unpaired) electrons. The third-order valence-corrected chi connectivity index (χ3v) is 5.49. The summed E-state index contributed by atoms with van der Waals surface area (Å²) in [5, 5.41) is 12.7. The minimum absolute atomic E-state index is 0.0880. The maximum absolute atomic E-state index is 14.5. The van der Waals surface area contributed by atoms with E-state index < -0.39 is 23.1 Å². The summed E-state index contributed by atoms with van der Waals surface area (Å²) in [6, 6.07) is 6.08. The van der Waals surface area contributed by atoms with E-state index in [2.05, 4.69) is 49.3 Å². The first kappa shape index (κ1) is 20.7. The maximum Gasteiger partial charge on any atom is 0.277 e. The fourth-order valence-electron chi connectivity index (χ4n) is 2.20. The number of aliphatic hydroxyl groups is 1. The average Bonchev–Trinajstić information content (AvgIpc) is 3.34. The monoisotopic (exact) mass is 572 g/mol. The Kier molecular flexibility index (Phi) is 6.26. The Labute approximate surface area is 180 Å². The number of halogens is 5. The van der Waals surface area contributed by atoms with E-state index in [4.69, 9.17) is 16.4 Å². The Hall–Kier alpha value is -1.01. The van der Waals surface area contributed by atoms with Gasteiger partial charge in [-0.3, -0.25) is 9.63 Å². The summed E-state index contributed by atoms with van der Waals surface area (Å²) in [7, 11) is 0. The fourth-order valence-corrected chi connectivity index (χ4v) is 3.51. The number of carbonyl (C=O) groups excluding carboxylic acids is 1. The SMILES string of the molecule is O=C(NOCC1(O)CC1)c1cc(Br)c(F)c(F)c1Nc1ccc(I)cc1Cl. The van der Waals surface area contributed by atoms with E-state index in [9.17, 15) is 18.7 Å². The predicted octanol–water partition coefficient (Wildman–Crippen LogP) is 4.92. The Morgan fingerprint density at radius 2 is 2.04 bits per heavy atom. The van der Waals surface area contributed by atoms with Crippen LogP contribution in [0.5, 0.6) is 0 Å². The van der Waals surface area contributed by atoms with Gasteiger partial charge in [0.1, 0.15) is 6.61 Å². The van der Waals surface area contributed by atoms with Crippen molar-refractivity contribution in [3.05, 3.63) is 54.5 Å². The average molecular weight is 574 g/mol. The van der Waals surface area contributed by atoms with E-state index in [1.165, 1.54) is 0 Å². The quantitative estimate of drug-likeness (QED) is 0.261. The zero-order chi connectivity index (χ0) is 19.8. The Bertz CT molecular complexity index is 912. The van der Waals surface area contributed by atoms with Crippen LogP contribution in [0.2, 0.25) is 5.02 Å². The van der Waals surface area contributed by atoms with Crippen LogP contribution in [0.25, 0.3) is 0 Å². The van der Waals surface area contributed by atoms with Crippen LogP contribution in [0.3, 0.4) is 0 Å². The van der Waals surface area contributed by atoms with Crippen LogP contribution in [0.1, 0.15) is 23.2 Å². The van der Waals surface area contributed by atoms with Gasteiger partial charge in [0.05, 0.1) is 32.0 Å². The highest BCUT2D eigenvalue weighted by Gasteiger charge is 2.41. The lowest BCUT2D eigenvalue weighted by molar-refractivity contribution is -0.0230. The number of benzene rings is 2. The predicted molar refractivity (Wildman–Crippen MR) is 109 cm³/mol. The van der Waals surface area contributed by atoms with Gasteiger partial charge < -0.3 is 10.4 Å². The van der Waals surface area contributed by atoms with Gasteiger partial charge in [0.2, 0.25) is 0 Å². The number of carbonyl (C=O) groups is 1. The lowest BCUT2D eigenvalue weighted by Gasteiger charge is -2.16. The zero-order valence-electron chi connectivity index (χ0n) is 13.6. The third-order valence-electron chi connectivity index (χ3n) is 3.93. The standard InChI is InChI=1S/C17H13BrClF2IN2O3/c18-10-6-9(16(25)24-27-7-17(26)3-4-17)15(14(21)13(10)20)23-12-2-1-8(22)5-11(12)19/h1-2,5-6,23,26H,3-4,7H2,(H,24,25). The van der Waals surface area contributed by atoms with Crippen molar-refractivity contribution in [2.45, 2.75) is 18.4 Å². The highest BCUT2D eigenvalue weighted by atomic mass is 127. The van der Waals surface area contributed by atoms with Gasteiger partial charge in [-0.1, -0.05) is 11.6 Å². The number of anilines is 2. The second-order valence-corrected chi connectivity index (χ2v) is 8.61. The van der Waals surface area contributed by atoms with E-state index in [0.717, 1.165) is 9.64 Å². The molecule has 5 nitrogen and oxygen atoms in total. The molecule has 3 N–H and O–H groups in total. The molecule has 0 unspecified atom stereocenters. The summed E-state index contributed by atoms with van der Waals surface area (Å²) < 4.78 is 29.2. The molecule has 1 amide bonds. The first-order valence-electron chi connectivity index (χ1n) is 7.74. The molecule has 2 aromatic rings. The van der Waals surface area contributed by atoms with Crippen LogP contribution in [0.15, 0.2) is 28.7 Å². The van der Waals surface area contributed by atoms with Gasteiger partial charge >= 0.3 is 0 Å². The molecule has 0 saturated heterocycles. The minimum Gasteiger partial charge on any atom is -0.387 e. The molecule has 144 valence electrons. The van der Waals surface area contributed by atoms with Gasteiger partial charge in [-0.15, -0.1) is 0 Å². The Morgan fingerprint density at radius 1 is 1.33 bits per heavy atom. The highest BCUT2D eigenvalue weighted by Crippen LogP contribution is 2.35. The molecule has 0 aromatic heterocycles. The smallest absolute Gasteiger partial charge is 0.277 e. The van der Waals surface area contributed by atoms with E-state index >= 15 is 0 Å². The van der Waals surface area contributed by atoms with Crippen molar-refractivity contribution in [2.24, 2.45) is 0 Å². The van der Waals surface area contributed by atoms with Crippen LogP contribution in [-0.4, -0.2) is 23.2 Å². The van der Waals surface area contributed by atoms with Gasteiger partial charge in [0, 0.05) is 3.57 Å². The van der Waals surface area contributed by atoms with E-state index in [-0.39, 0.29) is 27.4 Å². The third kappa shape index (κ3) is 4.89. The van der Waals surface area contributed by atoms with Crippen LogP contribution < -0.4 is 10.8 Å². The van der Waals surface area contributed by atoms with Crippen LogP contribution in [0.4, 0.5) is 20.2 Å². The van der Waals surface area contributed by atoms with Crippen LogP contribution in [0, 0.1) is 15.2 Å². The Balaban J connectivity index is 1.88. The minimum atomic E-state index is -1.25. The van der Waals surface area contributed by atoms with Crippen LogP contribution >= 0.6 is 50.1 Å². The molecule has 1 aliphatic rings. The van der Waals surface area contributed by atoms with Gasteiger partial charge in [0.25, 0.3) is 5.91 Å². The second-order valence-electron chi connectivity index (χ2n) is 6.10. The number of nitrogens with one attached hydrogen (secondary N) is 2. The molecule has 0 spiro atoms. The van der Waals surface area contributed by atoms with Gasteiger partial charge in [-0.2, -0.15) is 0 Å². The zero-order valence-corrected chi connectivity index (χ0v) is 18.1. The van der Waals surface area contributed by atoms with Crippen molar-refractivity contribution in [3.8, 4) is 0 Å². The molecule has 1 saturated carbocycles. The first-order valence-corrected chi connectivity index (χ1v) is 9.99. The Morgan fingerprint density at radius 3 is 2.67 bits per heavy atom. The van der Waals surface area contributed by atoms with E-state index in [0.29, 0.717) is 18.5 Å². The van der Waals surface area contributed by atoms with Crippen molar-refractivity contribution >= 4 is 67.4 Å². The van der Waals surface area contributed by atoms with Crippen LogP contribution in [-0.2, 0) is 4.84 Å². The normalized spacial score (nSPS) is 14.7. The largest absolute Gasteiger partial charge is 0.387 e. The first-order chi connectivity index (χ1) is 12.7. The number of hydrogen-bond acceptors (Lipinski definition) is 4. The molecule has 10 heteroatoms. The summed E-state index contributed by atoms with van der Waals surface area (Å²) >= 11 is 11.1. The number of amides is 1. The molecule has 0 bridgehead atoms. The second kappa shape index (κ2) is 8.16. The molecule has 0 atom stereocenters. The molecule has 3 rings (SSSR count). The van der Waals surface area contributed by atoms with Gasteiger partial charge in [-0.25, -0.2) is 14.3 Å². The van der Waals surface area contributed by atoms with E-state index in [1.807, 2.05) is 0 Å². The molecular formula is C17H13BrClF2IN2O3. The number of hydrogen-bond donors (Lipinski definition) is 3. The molecule has 1 fully saturated rings. The van der Waals surface area contributed by atoms with Crippen molar-refractivity contribution in [1.29, 1.82) is 0 Å². The summed E-state index contributed by atoms with van der Waals surface area (Å²) in [6.07, 6.45) is 1.16. The van der Waals surface area contributed by atoms with Crippen molar-refractivity contribution in [3.63, 3.8) is 0 Å². The molecule has 1 aliphatic carbocycles. The fraction of sp³-hybridized carbons (Fsp3) is 0.235. The molecule has 0 aliphatic heterocycles. The molecule has 27 heavy (non-hydrogen) atoms. The summed E-state index contributed by atoms with van der Waals surface area (Å²) in [5.41, 5.74) is 0.929. The molecular weight excluding hydrogens is 560 g/mol. The lowest BCUT2D eigenvalue weighted by Crippen LogP contribution is -2.30. The summed E-state index contributed by atoms with van der Waals surface area (Å²) in [5.74, 6) is -3.20. The maximum atomic E-state index is 14.5. The number of rotatable bonds is 6. The highest BCUT2D eigenvalue weighted by molar-refractivity contribution is 14.1. The molecule has 2 aromatic carbocycles. The van der Waals surface area contributed by atoms with Gasteiger partial charge in [0.15, 0.2) is 11.6 Å². The summed E-state index contributed by atoms with van der Waals surface area (Å²) in [6.45, 7) is -0.0880. The lowest BCUT2D eigenvalue weighted by atomic mass is 10.1. The van der Waals surface area contributed by atoms with Crippen molar-refractivity contribution in [2.75, 3.05) is 11.9 Å². The van der Waals surface area contributed by atoms with Gasteiger partial charge in [-0.05, 0) is 75.6 Å². The van der Waals surface area contributed by atoms with E-state index in [1.54, 1.807) is 18.2 Å². The topological polar surface area (TPSA) is 70.6 Å². The summed E-state index contributed by atoms with van der Waals surface area (Å²) in [4.78, 5) is 17.4. The number of hydroxylamine groups is 1. The van der Waals surface area contributed by atoms with Crippen molar-refractivity contribution < 1.29 is 23.5 Å².